The second-order valence-electron chi connectivity index (χ2n) is 4.38. The Morgan fingerprint density at radius 2 is 1.88 bits per heavy atom. The molecule has 0 bridgehead atoms. The lowest BCUT2D eigenvalue weighted by Crippen LogP contribution is -2.35. The third-order valence-electron chi connectivity index (χ3n) is 2.86. The molecule has 96 valence electrons. The Balaban J connectivity index is 3.11. The molecule has 0 amide bonds. The summed E-state index contributed by atoms with van der Waals surface area (Å²) in [5.74, 6) is 0.382. The zero-order chi connectivity index (χ0) is 13.0. The molecule has 0 aromatic heterocycles. The maximum Gasteiger partial charge on any atom is 0.0789 e. The minimum Gasteiger partial charge on any atom is -0.379 e. The molecule has 0 saturated heterocycles. The Labute approximate surface area is 113 Å². The molecule has 2 nitrogen and oxygen atoms in total. The standard InChI is InChI=1S/C13H19Cl2NO/c1-8(2)13(17-4)12(16-3)10-7-9(14)5-6-11(10)15/h5-8,12-13,16H,1-4H3. The summed E-state index contributed by atoms with van der Waals surface area (Å²) >= 11 is 12.2. The van der Waals surface area contributed by atoms with Gasteiger partial charge in [-0.05, 0) is 36.7 Å². The van der Waals surface area contributed by atoms with Crippen LogP contribution >= 0.6 is 23.2 Å². The van der Waals surface area contributed by atoms with Gasteiger partial charge in [0.25, 0.3) is 0 Å². The highest BCUT2D eigenvalue weighted by atomic mass is 35.5. The van der Waals surface area contributed by atoms with E-state index in [-0.39, 0.29) is 12.1 Å². The molecule has 0 spiro atoms. The van der Waals surface area contributed by atoms with Crippen LogP contribution in [0.2, 0.25) is 10.0 Å². The quantitative estimate of drug-likeness (QED) is 0.880. The average Bonchev–Trinajstić information content (AvgIpc) is 2.28. The third-order valence-corrected chi connectivity index (χ3v) is 3.44. The lowest BCUT2D eigenvalue weighted by atomic mass is 9.93. The van der Waals surface area contributed by atoms with Crippen molar-refractivity contribution in [1.82, 2.24) is 5.32 Å². The molecule has 1 N–H and O–H groups in total. The molecule has 2 atom stereocenters. The number of nitrogens with one attached hydrogen (secondary N) is 1. The van der Waals surface area contributed by atoms with Crippen LogP contribution in [-0.4, -0.2) is 20.3 Å². The smallest absolute Gasteiger partial charge is 0.0789 e. The summed E-state index contributed by atoms with van der Waals surface area (Å²) in [5, 5.41) is 4.64. The molecule has 1 aromatic rings. The van der Waals surface area contributed by atoms with Crippen molar-refractivity contribution in [3.8, 4) is 0 Å². The minimum atomic E-state index is 0.0335. The maximum absolute atomic E-state index is 6.22. The fraction of sp³-hybridized carbons (Fsp3) is 0.538. The first-order valence-corrected chi connectivity index (χ1v) is 6.41. The van der Waals surface area contributed by atoms with Crippen LogP contribution < -0.4 is 5.32 Å². The minimum absolute atomic E-state index is 0.0335. The molecule has 1 rings (SSSR count). The van der Waals surface area contributed by atoms with Crippen LogP contribution in [0, 0.1) is 5.92 Å². The topological polar surface area (TPSA) is 21.3 Å². The molecule has 0 aliphatic carbocycles. The van der Waals surface area contributed by atoms with Crippen molar-refractivity contribution in [1.29, 1.82) is 0 Å². The zero-order valence-corrected chi connectivity index (χ0v) is 12.1. The van der Waals surface area contributed by atoms with E-state index >= 15 is 0 Å². The van der Waals surface area contributed by atoms with Gasteiger partial charge in [0.2, 0.25) is 0 Å². The van der Waals surface area contributed by atoms with Gasteiger partial charge < -0.3 is 10.1 Å². The van der Waals surface area contributed by atoms with Crippen molar-refractivity contribution in [3.63, 3.8) is 0 Å². The van der Waals surface area contributed by atoms with Crippen LogP contribution in [0.3, 0.4) is 0 Å². The molecular formula is C13H19Cl2NO. The van der Waals surface area contributed by atoms with Crippen LogP contribution in [0.25, 0.3) is 0 Å². The zero-order valence-electron chi connectivity index (χ0n) is 10.6. The summed E-state index contributed by atoms with van der Waals surface area (Å²) in [7, 11) is 3.61. The van der Waals surface area contributed by atoms with Crippen LogP contribution in [0.4, 0.5) is 0 Å². The number of benzene rings is 1. The lowest BCUT2D eigenvalue weighted by molar-refractivity contribution is 0.0348. The Morgan fingerprint density at radius 3 is 2.35 bits per heavy atom. The van der Waals surface area contributed by atoms with Crippen molar-refractivity contribution in [2.24, 2.45) is 5.92 Å². The molecule has 0 heterocycles. The number of ether oxygens (including phenoxy) is 1. The Kier molecular flexibility index (Phi) is 5.74. The SMILES string of the molecule is CNC(c1cc(Cl)ccc1Cl)C(OC)C(C)C. The normalized spacial score (nSPS) is 15.0. The van der Waals surface area contributed by atoms with Gasteiger partial charge >= 0.3 is 0 Å². The van der Waals surface area contributed by atoms with Gasteiger partial charge in [0.05, 0.1) is 12.1 Å². The molecule has 2 unspecified atom stereocenters. The number of likely N-dealkylation sites (N-methyl/N-ethyl adjacent to an activating group) is 1. The van der Waals surface area contributed by atoms with Gasteiger partial charge in [-0.15, -0.1) is 0 Å². The van der Waals surface area contributed by atoms with E-state index in [1.807, 2.05) is 19.2 Å². The van der Waals surface area contributed by atoms with Gasteiger partial charge in [-0.2, -0.15) is 0 Å². The number of halogens is 2. The van der Waals surface area contributed by atoms with Gasteiger partial charge in [-0.3, -0.25) is 0 Å². The Morgan fingerprint density at radius 1 is 1.24 bits per heavy atom. The highest BCUT2D eigenvalue weighted by molar-refractivity contribution is 6.33. The molecule has 1 aromatic carbocycles. The average molecular weight is 276 g/mol. The van der Waals surface area contributed by atoms with Gasteiger partial charge in [0.1, 0.15) is 0 Å². The van der Waals surface area contributed by atoms with E-state index < -0.39 is 0 Å². The first-order valence-electron chi connectivity index (χ1n) is 5.66. The molecule has 0 aliphatic rings. The molecule has 0 radical (unpaired) electrons. The second-order valence-corrected chi connectivity index (χ2v) is 5.22. The van der Waals surface area contributed by atoms with E-state index in [0.717, 1.165) is 5.56 Å². The van der Waals surface area contributed by atoms with Crippen molar-refractivity contribution in [2.75, 3.05) is 14.2 Å². The number of rotatable bonds is 5. The van der Waals surface area contributed by atoms with Crippen molar-refractivity contribution >= 4 is 23.2 Å². The summed E-state index contributed by atoms with van der Waals surface area (Å²) in [6, 6.07) is 5.53. The van der Waals surface area contributed by atoms with Crippen molar-refractivity contribution in [2.45, 2.75) is 26.0 Å². The number of hydrogen-bond acceptors (Lipinski definition) is 2. The first kappa shape index (κ1) is 14.8. The van der Waals surface area contributed by atoms with Crippen LogP contribution in [0.15, 0.2) is 18.2 Å². The first-order chi connectivity index (χ1) is 8.01. The van der Waals surface area contributed by atoms with Crippen LogP contribution in [0.1, 0.15) is 25.5 Å². The van der Waals surface area contributed by atoms with Gasteiger partial charge in [-0.1, -0.05) is 37.0 Å². The monoisotopic (exact) mass is 275 g/mol. The van der Waals surface area contributed by atoms with Gasteiger partial charge in [-0.25, -0.2) is 0 Å². The number of methoxy groups -OCH3 is 1. The fourth-order valence-corrected chi connectivity index (χ4v) is 2.46. The van der Waals surface area contributed by atoms with Crippen molar-refractivity contribution < 1.29 is 4.74 Å². The number of hydrogen-bond donors (Lipinski definition) is 1. The predicted molar refractivity (Wildman–Crippen MR) is 73.9 cm³/mol. The summed E-state index contributed by atoms with van der Waals surface area (Å²) in [6.07, 6.45) is 0.0518. The molecule has 4 heteroatoms. The third kappa shape index (κ3) is 3.59. The highest BCUT2D eigenvalue weighted by Gasteiger charge is 2.26. The van der Waals surface area contributed by atoms with Crippen molar-refractivity contribution in [3.05, 3.63) is 33.8 Å². The van der Waals surface area contributed by atoms with E-state index in [2.05, 4.69) is 19.2 Å². The second kappa shape index (κ2) is 6.60. The Bertz CT molecular complexity index is 368. The lowest BCUT2D eigenvalue weighted by Gasteiger charge is -2.29. The summed E-state index contributed by atoms with van der Waals surface area (Å²) in [5.41, 5.74) is 0.974. The van der Waals surface area contributed by atoms with E-state index in [1.54, 1.807) is 13.2 Å². The summed E-state index contributed by atoms with van der Waals surface area (Å²) in [4.78, 5) is 0. The predicted octanol–water partition coefficient (Wildman–Crippen LogP) is 3.92. The van der Waals surface area contributed by atoms with E-state index in [1.165, 1.54) is 0 Å². The maximum atomic E-state index is 6.22. The fourth-order valence-electron chi connectivity index (χ4n) is 2.04. The van der Waals surface area contributed by atoms with Gasteiger partial charge in [0, 0.05) is 17.2 Å². The van der Waals surface area contributed by atoms with E-state index in [0.29, 0.717) is 16.0 Å². The van der Waals surface area contributed by atoms with Crippen LogP contribution in [0.5, 0.6) is 0 Å². The van der Waals surface area contributed by atoms with Crippen LogP contribution in [-0.2, 0) is 4.74 Å². The van der Waals surface area contributed by atoms with E-state index in [9.17, 15) is 0 Å². The molecule has 0 aliphatic heterocycles. The highest BCUT2D eigenvalue weighted by Crippen LogP contribution is 2.31. The molecule has 0 saturated carbocycles. The Hall–Kier alpha value is -0.280. The van der Waals surface area contributed by atoms with Gasteiger partial charge in [0.15, 0.2) is 0 Å². The van der Waals surface area contributed by atoms with E-state index in [4.69, 9.17) is 27.9 Å². The molecular weight excluding hydrogens is 257 g/mol. The molecule has 17 heavy (non-hydrogen) atoms. The summed E-state index contributed by atoms with van der Waals surface area (Å²) in [6.45, 7) is 4.24. The molecule has 0 fully saturated rings. The largest absolute Gasteiger partial charge is 0.379 e. The summed E-state index contributed by atoms with van der Waals surface area (Å²) < 4.78 is 5.55.